The summed E-state index contributed by atoms with van der Waals surface area (Å²) in [6.45, 7) is 3.15. The highest BCUT2D eigenvalue weighted by atomic mass is 32.2. The van der Waals surface area contributed by atoms with Crippen LogP contribution in [0.15, 0.2) is 114 Å². The van der Waals surface area contributed by atoms with E-state index in [4.69, 9.17) is 4.74 Å². The number of carbonyl (C=O) groups excluding carboxylic acids is 2. The van der Waals surface area contributed by atoms with Gasteiger partial charge in [-0.2, -0.15) is 0 Å². The van der Waals surface area contributed by atoms with Gasteiger partial charge in [0.25, 0.3) is 15.9 Å². The second-order valence-corrected chi connectivity index (χ2v) is 10.8. The molecule has 200 valence electrons. The Bertz CT molecular complexity index is 1520. The molecule has 0 spiro atoms. The van der Waals surface area contributed by atoms with E-state index in [0.29, 0.717) is 11.5 Å². The number of hydrogen-bond donors (Lipinski definition) is 2. The zero-order valence-corrected chi connectivity index (χ0v) is 22.4. The molecule has 8 nitrogen and oxygen atoms in total. The molecular weight excluding hydrogens is 514 g/mol. The van der Waals surface area contributed by atoms with Crippen molar-refractivity contribution >= 4 is 33.2 Å². The number of ether oxygens (including phenoxy) is 1. The first-order chi connectivity index (χ1) is 18.7. The number of carbonyl (C=O) groups is 2. The molecule has 4 aromatic carbocycles. The molecule has 0 aromatic heterocycles. The summed E-state index contributed by atoms with van der Waals surface area (Å²) in [5.41, 5.74) is 0.837. The van der Waals surface area contributed by atoms with Gasteiger partial charge in [0, 0.05) is 6.04 Å². The standard InChI is InChI=1S/C30H29N3O5S/c1-22(2)31-30(35)27-15-9-10-16-28(27)32-29(34)21-33(39(36,37)26-13-7-4-8-14-26)23-17-19-25(20-18-23)38-24-11-5-3-6-12-24/h3-20,22H,21H2,1-2H3,(H,31,35)(H,32,34). The zero-order chi connectivity index (χ0) is 27.8. The van der Waals surface area contributed by atoms with Crippen LogP contribution in [0.4, 0.5) is 11.4 Å². The quantitative estimate of drug-likeness (QED) is 0.277. The molecule has 0 saturated carbocycles. The molecule has 0 aliphatic carbocycles. The second kappa shape index (κ2) is 12.3. The predicted octanol–water partition coefficient (Wildman–Crippen LogP) is 5.45. The van der Waals surface area contributed by atoms with Crippen LogP contribution in [0.5, 0.6) is 11.5 Å². The van der Waals surface area contributed by atoms with E-state index >= 15 is 0 Å². The molecule has 0 aliphatic rings. The molecule has 2 N–H and O–H groups in total. The number of para-hydroxylation sites is 2. The van der Waals surface area contributed by atoms with Crippen molar-refractivity contribution in [3.05, 3.63) is 115 Å². The molecule has 39 heavy (non-hydrogen) atoms. The molecule has 4 rings (SSSR count). The molecular formula is C30H29N3O5S. The summed E-state index contributed by atoms with van der Waals surface area (Å²) < 4.78 is 34.1. The van der Waals surface area contributed by atoms with Gasteiger partial charge in [-0.25, -0.2) is 8.42 Å². The average molecular weight is 544 g/mol. The summed E-state index contributed by atoms with van der Waals surface area (Å²) in [6.07, 6.45) is 0. The minimum Gasteiger partial charge on any atom is -0.457 e. The van der Waals surface area contributed by atoms with Crippen molar-refractivity contribution in [2.75, 3.05) is 16.2 Å². The monoisotopic (exact) mass is 543 g/mol. The van der Waals surface area contributed by atoms with Crippen LogP contribution in [-0.4, -0.2) is 32.8 Å². The minimum atomic E-state index is -4.10. The first-order valence-corrected chi connectivity index (χ1v) is 13.8. The van der Waals surface area contributed by atoms with Crippen LogP contribution in [0.2, 0.25) is 0 Å². The molecule has 0 radical (unpaired) electrons. The van der Waals surface area contributed by atoms with Crippen LogP contribution in [-0.2, 0) is 14.8 Å². The highest BCUT2D eigenvalue weighted by Gasteiger charge is 2.27. The number of benzene rings is 4. The van der Waals surface area contributed by atoms with Crippen molar-refractivity contribution in [3.8, 4) is 11.5 Å². The van der Waals surface area contributed by atoms with Gasteiger partial charge in [0.15, 0.2) is 0 Å². The van der Waals surface area contributed by atoms with Gasteiger partial charge in [0.1, 0.15) is 18.0 Å². The lowest BCUT2D eigenvalue weighted by atomic mass is 10.1. The Kier molecular flexibility index (Phi) is 8.63. The first kappa shape index (κ1) is 27.4. The normalized spacial score (nSPS) is 11.1. The zero-order valence-electron chi connectivity index (χ0n) is 21.6. The summed E-state index contributed by atoms with van der Waals surface area (Å²) >= 11 is 0. The molecule has 0 atom stereocenters. The third kappa shape index (κ3) is 7.03. The molecule has 4 aromatic rings. The maximum absolute atomic E-state index is 13.6. The number of sulfonamides is 1. The lowest BCUT2D eigenvalue weighted by Crippen LogP contribution is -2.38. The van der Waals surface area contributed by atoms with Gasteiger partial charge in [-0.1, -0.05) is 48.5 Å². The van der Waals surface area contributed by atoms with Crippen molar-refractivity contribution in [1.29, 1.82) is 0 Å². The summed E-state index contributed by atoms with van der Waals surface area (Å²) in [5, 5.41) is 5.50. The Balaban J connectivity index is 1.61. The third-order valence-corrected chi connectivity index (χ3v) is 7.38. The topological polar surface area (TPSA) is 105 Å². The van der Waals surface area contributed by atoms with Gasteiger partial charge in [0.05, 0.1) is 21.8 Å². The molecule has 0 unspecified atom stereocenters. The average Bonchev–Trinajstić information content (AvgIpc) is 2.93. The number of nitrogens with one attached hydrogen (secondary N) is 2. The van der Waals surface area contributed by atoms with Crippen molar-refractivity contribution < 1.29 is 22.7 Å². The fraction of sp³-hybridized carbons (Fsp3) is 0.133. The van der Waals surface area contributed by atoms with E-state index in [1.165, 1.54) is 12.1 Å². The third-order valence-electron chi connectivity index (χ3n) is 5.59. The van der Waals surface area contributed by atoms with Gasteiger partial charge < -0.3 is 15.4 Å². The lowest BCUT2D eigenvalue weighted by molar-refractivity contribution is -0.114. The first-order valence-electron chi connectivity index (χ1n) is 12.3. The van der Waals surface area contributed by atoms with E-state index in [0.717, 1.165) is 4.31 Å². The Morgan fingerprint density at radius 3 is 1.97 bits per heavy atom. The van der Waals surface area contributed by atoms with Crippen LogP contribution in [0.1, 0.15) is 24.2 Å². The number of nitrogens with zero attached hydrogens (tertiary/aromatic N) is 1. The van der Waals surface area contributed by atoms with Crippen molar-refractivity contribution in [2.45, 2.75) is 24.8 Å². The number of hydrogen-bond acceptors (Lipinski definition) is 5. The Morgan fingerprint density at radius 1 is 0.769 bits per heavy atom. The Labute approximate surface area is 228 Å². The summed E-state index contributed by atoms with van der Waals surface area (Å²) in [7, 11) is -4.10. The van der Waals surface area contributed by atoms with Gasteiger partial charge >= 0.3 is 0 Å². The Morgan fingerprint density at radius 2 is 1.33 bits per heavy atom. The number of anilines is 2. The SMILES string of the molecule is CC(C)NC(=O)c1ccccc1NC(=O)CN(c1ccc(Oc2ccccc2)cc1)S(=O)(=O)c1ccccc1. The van der Waals surface area contributed by atoms with Crippen molar-refractivity contribution in [2.24, 2.45) is 0 Å². The summed E-state index contributed by atoms with van der Waals surface area (Å²) in [6, 6.07) is 30.0. The van der Waals surface area contributed by atoms with Gasteiger partial charge in [0.2, 0.25) is 5.91 Å². The fourth-order valence-corrected chi connectivity index (χ4v) is 5.23. The second-order valence-electron chi connectivity index (χ2n) is 8.96. The van der Waals surface area contributed by atoms with Crippen molar-refractivity contribution in [3.63, 3.8) is 0 Å². The molecule has 2 amide bonds. The van der Waals surface area contributed by atoms with Crippen LogP contribution in [0, 0.1) is 0 Å². The predicted molar refractivity (Wildman–Crippen MR) is 152 cm³/mol. The highest BCUT2D eigenvalue weighted by molar-refractivity contribution is 7.92. The largest absolute Gasteiger partial charge is 0.457 e. The van der Waals surface area contributed by atoms with E-state index in [-0.39, 0.29) is 33.8 Å². The summed E-state index contributed by atoms with van der Waals surface area (Å²) in [4.78, 5) is 25.9. The van der Waals surface area contributed by atoms with Gasteiger partial charge in [-0.05, 0) is 74.5 Å². The lowest BCUT2D eigenvalue weighted by Gasteiger charge is -2.24. The molecule has 9 heteroatoms. The highest BCUT2D eigenvalue weighted by Crippen LogP contribution is 2.28. The van der Waals surface area contributed by atoms with Gasteiger partial charge in [-0.3, -0.25) is 13.9 Å². The van der Waals surface area contributed by atoms with Crippen molar-refractivity contribution in [1.82, 2.24) is 5.32 Å². The number of rotatable bonds is 10. The van der Waals surface area contributed by atoms with E-state index < -0.39 is 22.5 Å². The molecule has 0 saturated heterocycles. The fourth-order valence-electron chi connectivity index (χ4n) is 3.79. The maximum atomic E-state index is 13.6. The molecule has 0 aliphatic heterocycles. The Hall–Kier alpha value is -4.63. The van der Waals surface area contributed by atoms with Gasteiger partial charge in [-0.15, -0.1) is 0 Å². The van der Waals surface area contributed by atoms with Crippen LogP contribution in [0.3, 0.4) is 0 Å². The molecule has 0 fully saturated rings. The van der Waals surface area contributed by atoms with Crippen LogP contribution >= 0.6 is 0 Å². The van der Waals surface area contributed by atoms with E-state index in [1.807, 2.05) is 44.2 Å². The smallest absolute Gasteiger partial charge is 0.264 e. The van der Waals surface area contributed by atoms with E-state index in [2.05, 4.69) is 10.6 Å². The van der Waals surface area contributed by atoms with Crippen LogP contribution in [0.25, 0.3) is 0 Å². The molecule has 0 heterocycles. The maximum Gasteiger partial charge on any atom is 0.264 e. The minimum absolute atomic E-state index is 0.0409. The van der Waals surface area contributed by atoms with E-state index in [9.17, 15) is 18.0 Å². The molecule has 0 bridgehead atoms. The van der Waals surface area contributed by atoms with Crippen LogP contribution < -0.4 is 19.7 Å². The van der Waals surface area contributed by atoms with E-state index in [1.54, 1.807) is 66.7 Å². The summed E-state index contributed by atoms with van der Waals surface area (Å²) in [5.74, 6) is 0.197. The number of amides is 2.